The Labute approximate surface area is 255 Å². The number of rotatable bonds is 9. The fraction of sp³-hybridized carbons (Fsp3) is 0.121. The van der Waals surface area contributed by atoms with Gasteiger partial charge in [-0.05, 0) is 41.5 Å². The zero-order valence-corrected chi connectivity index (χ0v) is 24.3. The van der Waals surface area contributed by atoms with Crippen LogP contribution in [0.2, 0.25) is 0 Å². The van der Waals surface area contributed by atoms with Crippen molar-refractivity contribution >= 4 is 16.7 Å². The summed E-state index contributed by atoms with van der Waals surface area (Å²) in [5, 5.41) is 4.70. The van der Waals surface area contributed by atoms with E-state index in [1.165, 1.54) is 57.1 Å². The quantitative estimate of drug-likeness (QED) is 0.192. The first-order chi connectivity index (χ1) is 21.7. The predicted molar refractivity (Wildman–Crippen MR) is 161 cm³/mol. The summed E-state index contributed by atoms with van der Waals surface area (Å²) in [6, 6.07) is 11.4. The van der Waals surface area contributed by atoms with Gasteiger partial charge in [-0.2, -0.15) is 5.10 Å². The van der Waals surface area contributed by atoms with Crippen LogP contribution >= 0.6 is 0 Å². The number of halogens is 2. The monoisotopic (exact) mass is 609 g/mol. The van der Waals surface area contributed by atoms with Crippen LogP contribution in [0.4, 0.5) is 8.78 Å². The Morgan fingerprint density at radius 2 is 1.64 bits per heavy atom. The summed E-state index contributed by atoms with van der Waals surface area (Å²) in [5.41, 5.74) is 1.32. The standard InChI is InChI=1S/C33H25F2N5O5/c1-39-16-22(15-38-39)40-17-24(20-4-6-21(34)7-5-20)32(42)25(18-40)28(41)11-19-10-26(35)33(37-14-19)45-29-8-9-36-27-13-31(44-3)30(43-2)12-23(27)29/h4-10,12-18H,11H2,1-3H3. The Balaban J connectivity index is 1.30. The number of carbonyl (C=O) groups is 1. The topological polar surface area (TPSA) is 110 Å². The summed E-state index contributed by atoms with van der Waals surface area (Å²) >= 11 is 0. The first kappa shape index (κ1) is 29.2. The van der Waals surface area contributed by atoms with Crippen molar-refractivity contribution in [3.05, 3.63) is 119 Å². The minimum absolute atomic E-state index is 0.131. The van der Waals surface area contributed by atoms with Crippen molar-refractivity contribution < 1.29 is 27.8 Å². The number of benzene rings is 2. The molecule has 2 aromatic carbocycles. The van der Waals surface area contributed by atoms with Crippen molar-refractivity contribution in [2.45, 2.75) is 6.42 Å². The van der Waals surface area contributed by atoms with Gasteiger partial charge in [0.2, 0.25) is 0 Å². The molecule has 45 heavy (non-hydrogen) atoms. The molecule has 6 aromatic rings. The highest BCUT2D eigenvalue weighted by atomic mass is 19.1. The molecule has 0 radical (unpaired) electrons. The zero-order chi connectivity index (χ0) is 31.7. The number of hydrogen-bond acceptors (Lipinski definition) is 8. The summed E-state index contributed by atoms with van der Waals surface area (Å²) in [7, 11) is 4.74. The van der Waals surface area contributed by atoms with Gasteiger partial charge in [0.05, 0.1) is 37.2 Å². The largest absolute Gasteiger partial charge is 0.493 e. The average molecular weight is 610 g/mol. The first-order valence-electron chi connectivity index (χ1n) is 13.6. The highest BCUT2D eigenvalue weighted by Gasteiger charge is 2.20. The van der Waals surface area contributed by atoms with Crippen LogP contribution in [0.5, 0.6) is 23.1 Å². The number of aromatic nitrogens is 5. The molecule has 0 aliphatic heterocycles. The molecule has 0 N–H and O–H groups in total. The highest BCUT2D eigenvalue weighted by molar-refractivity contribution is 5.98. The van der Waals surface area contributed by atoms with E-state index in [0.717, 1.165) is 6.07 Å². The molecule has 0 atom stereocenters. The van der Waals surface area contributed by atoms with Crippen molar-refractivity contribution in [2.75, 3.05) is 14.2 Å². The number of carbonyl (C=O) groups excluding carboxylic acids is 1. The number of ketones is 1. The van der Waals surface area contributed by atoms with Gasteiger partial charge >= 0.3 is 0 Å². The number of aryl methyl sites for hydroxylation is 1. The van der Waals surface area contributed by atoms with Gasteiger partial charge in [-0.15, -0.1) is 0 Å². The van der Waals surface area contributed by atoms with Gasteiger partial charge in [0, 0.05) is 61.5 Å². The van der Waals surface area contributed by atoms with Crippen LogP contribution in [0.1, 0.15) is 15.9 Å². The van der Waals surface area contributed by atoms with E-state index in [4.69, 9.17) is 14.2 Å². The molecule has 0 saturated heterocycles. The van der Waals surface area contributed by atoms with E-state index >= 15 is 4.39 Å². The van der Waals surface area contributed by atoms with Gasteiger partial charge in [-0.1, -0.05) is 12.1 Å². The normalized spacial score (nSPS) is 11.0. The third kappa shape index (κ3) is 5.85. The maximum absolute atomic E-state index is 15.3. The maximum atomic E-state index is 15.3. The Morgan fingerprint density at radius 1 is 0.889 bits per heavy atom. The SMILES string of the molecule is COc1cc2nccc(Oc3ncc(CC(=O)c4cn(-c5cnn(C)c5)cc(-c5ccc(F)cc5)c4=O)cc3F)c2cc1OC. The second-order valence-electron chi connectivity index (χ2n) is 10.1. The molecular formula is C33H25F2N5O5. The molecule has 6 rings (SSSR count). The lowest BCUT2D eigenvalue weighted by molar-refractivity contribution is 0.0991. The molecule has 0 aliphatic carbocycles. The molecule has 226 valence electrons. The lowest BCUT2D eigenvalue weighted by atomic mass is 10.00. The Morgan fingerprint density at radius 3 is 2.33 bits per heavy atom. The summed E-state index contributed by atoms with van der Waals surface area (Å²) in [6.45, 7) is 0. The highest BCUT2D eigenvalue weighted by Crippen LogP contribution is 2.37. The third-order valence-electron chi connectivity index (χ3n) is 7.11. The van der Waals surface area contributed by atoms with Crippen molar-refractivity contribution in [3.63, 3.8) is 0 Å². The third-order valence-corrected chi connectivity index (χ3v) is 7.11. The van der Waals surface area contributed by atoms with Crippen LogP contribution in [0.15, 0.2) is 90.5 Å². The molecule has 0 aliphatic rings. The van der Waals surface area contributed by atoms with Crippen LogP contribution in [0.3, 0.4) is 0 Å². The van der Waals surface area contributed by atoms with Gasteiger partial charge in [0.15, 0.2) is 28.5 Å². The van der Waals surface area contributed by atoms with Gasteiger partial charge in [-0.25, -0.2) is 13.8 Å². The van der Waals surface area contributed by atoms with Crippen molar-refractivity contribution in [1.82, 2.24) is 24.3 Å². The van der Waals surface area contributed by atoms with E-state index in [9.17, 15) is 14.0 Å². The number of Topliss-reactive ketones (excluding diaryl/α,β-unsaturated/α-hetero) is 1. The average Bonchev–Trinajstić information content (AvgIpc) is 3.48. The maximum Gasteiger partial charge on any atom is 0.255 e. The van der Waals surface area contributed by atoms with Gasteiger partial charge in [0.25, 0.3) is 5.88 Å². The molecule has 4 heterocycles. The fourth-order valence-electron chi connectivity index (χ4n) is 4.86. The number of fused-ring (bicyclic) bond motifs is 1. The van der Waals surface area contributed by atoms with E-state index < -0.39 is 22.8 Å². The van der Waals surface area contributed by atoms with Crippen molar-refractivity contribution in [3.8, 4) is 39.9 Å². The second kappa shape index (κ2) is 12.0. The number of pyridine rings is 3. The minimum Gasteiger partial charge on any atom is -0.493 e. The number of ether oxygens (including phenoxy) is 3. The fourth-order valence-corrected chi connectivity index (χ4v) is 4.86. The predicted octanol–water partition coefficient (Wildman–Crippen LogP) is 5.69. The lowest BCUT2D eigenvalue weighted by Crippen LogP contribution is -2.21. The summed E-state index contributed by atoms with van der Waals surface area (Å²) in [5.74, 6) is -0.941. The molecule has 12 heteroatoms. The number of nitrogens with zero attached hydrogens (tertiary/aromatic N) is 5. The first-order valence-corrected chi connectivity index (χ1v) is 13.6. The molecule has 0 unspecified atom stereocenters. The molecule has 0 bridgehead atoms. The molecule has 4 aromatic heterocycles. The van der Waals surface area contributed by atoms with Crippen molar-refractivity contribution in [1.29, 1.82) is 0 Å². The Kier molecular flexibility index (Phi) is 7.78. The van der Waals surface area contributed by atoms with Gasteiger partial charge < -0.3 is 18.8 Å². The van der Waals surface area contributed by atoms with Gasteiger partial charge in [-0.3, -0.25) is 19.3 Å². The van der Waals surface area contributed by atoms with Gasteiger partial charge in [0.1, 0.15) is 11.6 Å². The van der Waals surface area contributed by atoms with E-state index in [1.807, 2.05) is 0 Å². The number of methoxy groups -OCH3 is 2. The van der Waals surface area contributed by atoms with Crippen LogP contribution in [0.25, 0.3) is 27.7 Å². The van der Waals surface area contributed by atoms with Crippen LogP contribution < -0.4 is 19.6 Å². The summed E-state index contributed by atoms with van der Waals surface area (Å²) in [6.07, 6.45) is 8.76. The second-order valence-corrected chi connectivity index (χ2v) is 10.1. The van der Waals surface area contributed by atoms with E-state index in [-0.39, 0.29) is 34.7 Å². The summed E-state index contributed by atoms with van der Waals surface area (Å²) < 4.78 is 48.5. The van der Waals surface area contributed by atoms with E-state index in [1.54, 1.807) is 53.1 Å². The lowest BCUT2D eigenvalue weighted by Gasteiger charge is -2.13. The Hall–Kier alpha value is -5.91. The molecule has 0 spiro atoms. The molecule has 10 nitrogen and oxygen atoms in total. The molecule has 0 amide bonds. The summed E-state index contributed by atoms with van der Waals surface area (Å²) in [4.78, 5) is 35.4. The number of hydrogen-bond donors (Lipinski definition) is 0. The molecular weight excluding hydrogens is 584 g/mol. The molecule has 0 fully saturated rings. The molecule has 0 saturated carbocycles. The Bertz CT molecular complexity index is 2130. The smallest absolute Gasteiger partial charge is 0.255 e. The van der Waals surface area contributed by atoms with E-state index in [2.05, 4.69) is 15.1 Å². The zero-order valence-electron chi connectivity index (χ0n) is 24.3. The van der Waals surface area contributed by atoms with Crippen LogP contribution in [0, 0.1) is 11.6 Å². The van der Waals surface area contributed by atoms with E-state index in [0.29, 0.717) is 33.7 Å². The minimum atomic E-state index is -0.807. The van der Waals surface area contributed by atoms with Crippen LogP contribution in [-0.2, 0) is 13.5 Å². The van der Waals surface area contributed by atoms with Crippen LogP contribution in [-0.4, -0.2) is 44.3 Å². The van der Waals surface area contributed by atoms with Crippen molar-refractivity contribution in [2.24, 2.45) is 7.05 Å².